The molecule has 0 aromatic carbocycles. The zero-order valence-electron chi connectivity index (χ0n) is 12.7. The van der Waals surface area contributed by atoms with Gasteiger partial charge in [-0.15, -0.1) is 24.0 Å². The van der Waals surface area contributed by atoms with Crippen LogP contribution >= 0.6 is 24.0 Å². The number of nitrogens with one attached hydrogen (secondary N) is 2. The van der Waals surface area contributed by atoms with E-state index in [0.29, 0.717) is 25.0 Å². The molecule has 0 aliphatic carbocycles. The summed E-state index contributed by atoms with van der Waals surface area (Å²) < 4.78 is 36.3. The van der Waals surface area contributed by atoms with Crippen molar-refractivity contribution in [3.8, 4) is 0 Å². The number of hydrogen-bond acceptors (Lipinski definition) is 2. The number of nitrogens with zero attached hydrogens (tertiary/aromatic N) is 2. The largest absolute Gasteiger partial charge is 0.390 e. The van der Waals surface area contributed by atoms with Gasteiger partial charge in [-0.1, -0.05) is 0 Å². The Hall–Kier alpha value is -0.250. The van der Waals surface area contributed by atoms with Crippen molar-refractivity contribution >= 4 is 29.9 Å². The predicted octanol–water partition coefficient (Wildman–Crippen LogP) is 2.45. The molecule has 4 nitrogen and oxygen atoms in total. The Morgan fingerprint density at radius 1 is 1.33 bits per heavy atom. The Bertz CT molecular complexity index is 310. The molecule has 1 fully saturated rings. The Morgan fingerprint density at radius 2 is 2.05 bits per heavy atom. The van der Waals surface area contributed by atoms with Gasteiger partial charge in [-0.25, -0.2) is 0 Å². The van der Waals surface area contributed by atoms with E-state index in [9.17, 15) is 13.2 Å². The summed E-state index contributed by atoms with van der Waals surface area (Å²) in [5.41, 5.74) is 0. The van der Waals surface area contributed by atoms with Gasteiger partial charge in [0.15, 0.2) is 5.96 Å². The van der Waals surface area contributed by atoms with Crippen LogP contribution in [-0.2, 0) is 0 Å². The maximum atomic E-state index is 12.1. The second-order valence-electron chi connectivity index (χ2n) is 5.28. The Balaban J connectivity index is 0.00000400. The Labute approximate surface area is 142 Å². The highest BCUT2D eigenvalue weighted by Gasteiger charge is 2.26. The molecule has 0 amide bonds. The summed E-state index contributed by atoms with van der Waals surface area (Å²) >= 11 is 0. The van der Waals surface area contributed by atoms with Crippen LogP contribution in [0.1, 0.15) is 26.2 Å². The third kappa shape index (κ3) is 10.2. The van der Waals surface area contributed by atoms with Crippen LogP contribution in [0.2, 0.25) is 0 Å². The molecule has 1 aliphatic heterocycles. The molecule has 1 aliphatic rings. The summed E-state index contributed by atoms with van der Waals surface area (Å²) in [4.78, 5) is 6.66. The second-order valence-corrected chi connectivity index (χ2v) is 5.28. The summed E-state index contributed by atoms with van der Waals surface area (Å²) in [5, 5.41) is 5.71. The lowest BCUT2D eigenvalue weighted by Gasteiger charge is -2.28. The van der Waals surface area contributed by atoms with E-state index in [4.69, 9.17) is 0 Å². The topological polar surface area (TPSA) is 39.7 Å². The molecule has 126 valence electrons. The number of likely N-dealkylation sites (tertiary alicyclic amines) is 1. The molecule has 0 aromatic heterocycles. The molecule has 1 saturated heterocycles. The third-order valence-corrected chi connectivity index (χ3v) is 3.27. The maximum absolute atomic E-state index is 12.1. The molecule has 0 saturated carbocycles. The van der Waals surface area contributed by atoms with Crippen molar-refractivity contribution in [1.29, 1.82) is 0 Å². The zero-order chi connectivity index (χ0) is 15.0. The van der Waals surface area contributed by atoms with Crippen LogP contribution in [-0.4, -0.2) is 56.8 Å². The van der Waals surface area contributed by atoms with E-state index < -0.39 is 12.6 Å². The van der Waals surface area contributed by atoms with Crippen LogP contribution in [0.15, 0.2) is 4.99 Å². The number of rotatable bonds is 5. The van der Waals surface area contributed by atoms with Crippen LogP contribution in [0.3, 0.4) is 0 Å². The van der Waals surface area contributed by atoms with Gasteiger partial charge in [0, 0.05) is 26.2 Å². The van der Waals surface area contributed by atoms with Gasteiger partial charge in [-0.2, -0.15) is 13.2 Å². The molecular formula is C13H26F3IN4. The minimum atomic E-state index is -4.13. The second kappa shape index (κ2) is 10.5. The Morgan fingerprint density at radius 3 is 2.62 bits per heavy atom. The van der Waals surface area contributed by atoms with Crippen molar-refractivity contribution in [2.75, 3.05) is 39.8 Å². The van der Waals surface area contributed by atoms with E-state index in [2.05, 4.69) is 27.6 Å². The lowest BCUT2D eigenvalue weighted by Crippen LogP contribution is -2.40. The van der Waals surface area contributed by atoms with Crippen LogP contribution in [0.25, 0.3) is 0 Å². The SMILES string of the molecule is CCNC(=NCC1CCCN(C)C1)NCCC(F)(F)F.I. The monoisotopic (exact) mass is 422 g/mol. The van der Waals surface area contributed by atoms with Crippen molar-refractivity contribution in [3.05, 3.63) is 0 Å². The molecule has 0 bridgehead atoms. The summed E-state index contributed by atoms with van der Waals surface area (Å²) in [6, 6.07) is 0. The van der Waals surface area contributed by atoms with Gasteiger partial charge in [0.1, 0.15) is 0 Å². The minimum Gasteiger partial charge on any atom is -0.357 e. The zero-order valence-corrected chi connectivity index (χ0v) is 15.0. The molecule has 0 aromatic rings. The lowest BCUT2D eigenvalue weighted by atomic mass is 9.99. The Kier molecular flexibility index (Phi) is 10.3. The van der Waals surface area contributed by atoms with Gasteiger partial charge in [-0.3, -0.25) is 4.99 Å². The number of guanidine groups is 1. The highest BCUT2D eigenvalue weighted by Crippen LogP contribution is 2.18. The number of hydrogen-bond donors (Lipinski definition) is 2. The number of alkyl halides is 3. The summed E-state index contributed by atoms with van der Waals surface area (Å²) in [6.07, 6.45) is -2.68. The number of piperidine rings is 1. The highest BCUT2D eigenvalue weighted by atomic mass is 127. The van der Waals surface area contributed by atoms with E-state index >= 15 is 0 Å². The predicted molar refractivity (Wildman–Crippen MR) is 90.3 cm³/mol. The molecule has 21 heavy (non-hydrogen) atoms. The quantitative estimate of drug-likeness (QED) is 0.406. The first kappa shape index (κ1) is 20.8. The number of aliphatic imine (C=N–C) groups is 1. The van der Waals surface area contributed by atoms with Crippen LogP contribution in [0, 0.1) is 5.92 Å². The fraction of sp³-hybridized carbons (Fsp3) is 0.923. The van der Waals surface area contributed by atoms with Crippen LogP contribution in [0.5, 0.6) is 0 Å². The molecule has 8 heteroatoms. The smallest absolute Gasteiger partial charge is 0.357 e. The van der Waals surface area contributed by atoms with Gasteiger partial charge in [0.25, 0.3) is 0 Å². The normalized spacial score (nSPS) is 20.8. The van der Waals surface area contributed by atoms with E-state index in [-0.39, 0.29) is 30.5 Å². The molecule has 1 atom stereocenters. The average Bonchev–Trinajstić information content (AvgIpc) is 2.34. The third-order valence-electron chi connectivity index (χ3n) is 3.27. The molecule has 0 radical (unpaired) electrons. The summed E-state index contributed by atoms with van der Waals surface area (Å²) in [6.45, 7) is 5.18. The van der Waals surface area contributed by atoms with Crippen molar-refractivity contribution < 1.29 is 13.2 Å². The molecule has 0 spiro atoms. The van der Waals surface area contributed by atoms with Gasteiger partial charge in [0.2, 0.25) is 0 Å². The van der Waals surface area contributed by atoms with Gasteiger partial charge in [0.05, 0.1) is 6.42 Å². The molecule has 1 rings (SSSR count). The van der Waals surface area contributed by atoms with Gasteiger partial charge >= 0.3 is 6.18 Å². The first-order valence-electron chi connectivity index (χ1n) is 7.18. The van der Waals surface area contributed by atoms with Crippen LogP contribution < -0.4 is 10.6 Å². The van der Waals surface area contributed by atoms with Crippen molar-refractivity contribution in [1.82, 2.24) is 15.5 Å². The van der Waals surface area contributed by atoms with Gasteiger partial charge < -0.3 is 15.5 Å². The summed E-state index contributed by atoms with van der Waals surface area (Å²) in [5.74, 6) is 0.969. The molecular weight excluding hydrogens is 396 g/mol. The fourth-order valence-electron chi connectivity index (χ4n) is 2.31. The standard InChI is InChI=1S/C13H25F3N4.HI/c1-3-17-12(18-7-6-13(14,15)16)19-9-11-5-4-8-20(2)10-11;/h11H,3-10H2,1-2H3,(H2,17,18,19);1H. The molecule has 1 unspecified atom stereocenters. The van der Waals surface area contributed by atoms with E-state index in [1.165, 1.54) is 0 Å². The molecule has 1 heterocycles. The first-order valence-corrected chi connectivity index (χ1v) is 7.18. The van der Waals surface area contributed by atoms with E-state index in [0.717, 1.165) is 25.9 Å². The van der Waals surface area contributed by atoms with E-state index in [1.54, 1.807) is 0 Å². The average molecular weight is 422 g/mol. The van der Waals surface area contributed by atoms with Gasteiger partial charge in [-0.05, 0) is 39.3 Å². The van der Waals surface area contributed by atoms with Crippen molar-refractivity contribution in [2.45, 2.75) is 32.4 Å². The summed E-state index contributed by atoms with van der Waals surface area (Å²) in [7, 11) is 2.09. The van der Waals surface area contributed by atoms with Crippen LogP contribution in [0.4, 0.5) is 13.2 Å². The highest BCUT2D eigenvalue weighted by molar-refractivity contribution is 14.0. The lowest BCUT2D eigenvalue weighted by molar-refractivity contribution is -0.132. The van der Waals surface area contributed by atoms with E-state index in [1.807, 2.05) is 6.92 Å². The van der Waals surface area contributed by atoms with Crippen molar-refractivity contribution in [3.63, 3.8) is 0 Å². The fourth-order valence-corrected chi connectivity index (χ4v) is 2.31. The molecule has 2 N–H and O–H groups in total. The maximum Gasteiger partial charge on any atom is 0.390 e. The van der Waals surface area contributed by atoms with Crippen molar-refractivity contribution in [2.24, 2.45) is 10.9 Å². The minimum absolute atomic E-state index is 0. The number of halogens is 4. The first-order chi connectivity index (χ1) is 9.40.